The normalized spacial score (nSPS) is 12.6. The van der Waals surface area contributed by atoms with Gasteiger partial charge in [0, 0.05) is 20.5 Å². The number of halogens is 1. The molecule has 18 heavy (non-hydrogen) atoms. The molecule has 0 fully saturated rings. The van der Waals surface area contributed by atoms with Gasteiger partial charge >= 0.3 is 0 Å². The van der Waals surface area contributed by atoms with E-state index in [0.29, 0.717) is 0 Å². The molecule has 2 nitrogen and oxygen atoms in total. The highest BCUT2D eigenvalue weighted by Crippen LogP contribution is 2.28. The van der Waals surface area contributed by atoms with Crippen molar-refractivity contribution in [2.75, 3.05) is 5.75 Å². The van der Waals surface area contributed by atoms with Crippen LogP contribution in [0.1, 0.15) is 16.5 Å². The predicted molar refractivity (Wildman–Crippen MR) is 81.3 cm³/mol. The van der Waals surface area contributed by atoms with Gasteiger partial charge in [0.15, 0.2) is 0 Å². The van der Waals surface area contributed by atoms with Gasteiger partial charge in [-0.3, -0.25) is 11.3 Å². The third-order valence-corrected chi connectivity index (χ3v) is 4.77. The molecular formula is C13H15ClN2S2. The van der Waals surface area contributed by atoms with Crippen molar-refractivity contribution >= 4 is 34.7 Å². The Kier molecular flexibility index (Phi) is 5.09. The number of aryl methyl sites for hydroxylation is 1. The highest BCUT2D eigenvalue weighted by Gasteiger charge is 2.11. The first-order valence-electron chi connectivity index (χ1n) is 5.58. The first kappa shape index (κ1) is 13.9. The number of hydrazine groups is 1. The number of hydrogen-bond donors (Lipinski definition) is 2. The molecule has 0 radical (unpaired) electrons. The maximum Gasteiger partial charge on any atom is 0.0562 e. The predicted octanol–water partition coefficient (Wildman–Crippen LogP) is 4.01. The van der Waals surface area contributed by atoms with Crippen molar-refractivity contribution in [3.05, 3.63) is 51.2 Å². The molecule has 2 aromatic rings. The van der Waals surface area contributed by atoms with Crippen molar-refractivity contribution < 1.29 is 0 Å². The van der Waals surface area contributed by atoms with E-state index >= 15 is 0 Å². The molecular weight excluding hydrogens is 284 g/mol. The van der Waals surface area contributed by atoms with Crippen molar-refractivity contribution in [1.82, 2.24) is 5.43 Å². The first-order valence-corrected chi connectivity index (χ1v) is 7.83. The molecule has 0 aliphatic heterocycles. The summed E-state index contributed by atoms with van der Waals surface area (Å²) in [6.45, 7) is 2.10. The van der Waals surface area contributed by atoms with Gasteiger partial charge < -0.3 is 0 Å². The zero-order valence-corrected chi connectivity index (χ0v) is 12.4. The second kappa shape index (κ2) is 6.59. The van der Waals surface area contributed by atoms with Gasteiger partial charge in [-0.15, -0.1) is 23.1 Å². The van der Waals surface area contributed by atoms with E-state index in [4.69, 9.17) is 17.4 Å². The minimum atomic E-state index is 0.166. The van der Waals surface area contributed by atoms with Crippen LogP contribution in [-0.2, 0) is 0 Å². The molecule has 0 aliphatic rings. The van der Waals surface area contributed by atoms with Gasteiger partial charge in [-0.25, -0.2) is 0 Å². The lowest BCUT2D eigenvalue weighted by Crippen LogP contribution is -2.29. The van der Waals surface area contributed by atoms with Gasteiger partial charge in [0.05, 0.1) is 6.04 Å². The van der Waals surface area contributed by atoms with Crippen molar-refractivity contribution in [3.63, 3.8) is 0 Å². The third kappa shape index (κ3) is 3.73. The van der Waals surface area contributed by atoms with Crippen molar-refractivity contribution in [1.29, 1.82) is 0 Å². The highest BCUT2D eigenvalue weighted by molar-refractivity contribution is 7.99. The molecule has 0 bridgehead atoms. The Bertz CT molecular complexity index is 513. The van der Waals surface area contributed by atoms with Crippen LogP contribution in [0.25, 0.3) is 0 Å². The quantitative estimate of drug-likeness (QED) is 0.498. The SMILES string of the molecule is Cc1cc(C(CSc2cccc(Cl)c2)NN)cs1. The first-order chi connectivity index (χ1) is 8.69. The van der Waals surface area contributed by atoms with Crippen LogP contribution in [0.3, 0.4) is 0 Å². The maximum atomic E-state index is 5.96. The second-order valence-corrected chi connectivity index (χ2v) is 6.62. The summed E-state index contributed by atoms with van der Waals surface area (Å²) < 4.78 is 0. The number of hydrogen-bond acceptors (Lipinski definition) is 4. The van der Waals surface area contributed by atoms with Crippen LogP contribution >= 0.6 is 34.7 Å². The van der Waals surface area contributed by atoms with E-state index in [1.807, 2.05) is 18.2 Å². The van der Waals surface area contributed by atoms with Crippen LogP contribution in [0.5, 0.6) is 0 Å². The summed E-state index contributed by atoms with van der Waals surface area (Å²) in [5, 5.41) is 2.92. The fourth-order valence-corrected chi connectivity index (χ4v) is 3.67. The van der Waals surface area contributed by atoms with E-state index in [9.17, 15) is 0 Å². The molecule has 1 aromatic heterocycles. The van der Waals surface area contributed by atoms with Gasteiger partial charge in [0.2, 0.25) is 0 Å². The largest absolute Gasteiger partial charge is 0.271 e. The lowest BCUT2D eigenvalue weighted by atomic mass is 10.2. The molecule has 2 rings (SSSR count). The topological polar surface area (TPSA) is 38.0 Å². The second-order valence-electron chi connectivity index (χ2n) is 3.98. The Balaban J connectivity index is 1.99. The van der Waals surface area contributed by atoms with Crippen LogP contribution < -0.4 is 11.3 Å². The minimum absolute atomic E-state index is 0.166. The molecule has 0 aliphatic carbocycles. The lowest BCUT2D eigenvalue weighted by molar-refractivity contribution is 0.612. The summed E-state index contributed by atoms with van der Waals surface area (Å²) in [6, 6.07) is 10.2. The molecule has 1 heterocycles. The number of benzene rings is 1. The van der Waals surface area contributed by atoms with E-state index in [2.05, 4.69) is 29.9 Å². The van der Waals surface area contributed by atoms with Crippen LogP contribution in [0, 0.1) is 6.92 Å². The van der Waals surface area contributed by atoms with E-state index in [1.165, 1.54) is 10.4 Å². The number of nitrogens with one attached hydrogen (secondary N) is 1. The smallest absolute Gasteiger partial charge is 0.0562 e. The monoisotopic (exact) mass is 298 g/mol. The van der Waals surface area contributed by atoms with Gasteiger partial charge in [-0.2, -0.15) is 0 Å². The average Bonchev–Trinajstić information content (AvgIpc) is 2.77. The van der Waals surface area contributed by atoms with Gasteiger partial charge in [0.1, 0.15) is 0 Å². The molecule has 1 atom stereocenters. The van der Waals surface area contributed by atoms with E-state index in [1.54, 1.807) is 23.1 Å². The average molecular weight is 299 g/mol. The summed E-state index contributed by atoms with van der Waals surface area (Å²) in [4.78, 5) is 2.47. The Morgan fingerprint density at radius 1 is 1.44 bits per heavy atom. The number of rotatable bonds is 5. The van der Waals surface area contributed by atoms with Crippen molar-refractivity contribution in [3.8, 4) is 0 Å². The standard InChI is InChI=1S/C13H15ClN2S2/c1-9-5-10(7-17-9)13(16-15)8-18-12-4-2-3-11(14)6-12/h2-7,13,16H,8,15H2,1H3. The molecule has 0 saturated carbocycles. The summed E-state index contributed by atoms with van der Waals surface area (Å²) in [5.74, 6) is 6.51. The number of thioether (sulfide) groups is 1. The molecule has 1 unspecified atom stereocenters. The fraction of sp³-hybridized carbons (Fsp3) is 0.231. The number of thiophene rings is 1. The molecule has 1 aromatic carbocycles. The maximum absolute atomic E-state index is 5.96. The zero-order chi connectivity index (χ0) is 13.0. The minimum Gasteiger partial charge on any atom is -0.271 e. The van der Waals surface area contributed by atoms with Crippen molar-refractivity contribution in [2.24, 2.45) is 5.84 Å². The summed E-state index contributed by atoms with van der Waals surface area (Å²) in [5.41, 5.74) is 4.11. The van der Waals surface area contributed by atoms with Gasteiger partial charge in [0.25, 0.3) is 0 Å². The molecule has 5 heteroatoms. The van der Waals surface area contributed by atoms with Gasteiger partial charge in [-0.1, -0.05) is 17.7 Å². The van der Waals surface area contributed by atoms with Gasteiger partial charge in [-0.05, 0) is 42.1 Å². The molecule has 0 saturated heterocycles. The number of nitrogens with two attached hydrogens (primary N) is 1. The summed E-state index contributed by atoms with van der Waals surface area (Å²) in [6.07, 6.45) is 0. The third-order valence-electron chi connectivity index (χ3n) is 2.57. The molecule has 3 N–H and O–H groups in total. The van der Waals surface area contributed by atoms with Crippen LogP contribution in [-0.4, -0.2) is 5.75 Å². The van der Waals surface area contributed by atoms with E-state index in [0.717, 1.165) is 15.7 Å². The Hall–Kier alpha value is -0.520. The summed E-state index contributed by atoms with van der Waals surface area (Å²) >= 11 is 9.46. The Morgan fingerprint density at radius 2 is 2.28 bits per heavy atom. The highest BCUT2D eigenvalue weighted by atomic mass is 35.5. The fourth-order valence-electron chi connectivity index (χ4n) is 1.62. The summed E-state index contributed by atoms with van der Waals surface area (Å²) in [7, 11) is 0. The molecule has 96 valence electrons. The van der Waals surface area contributed by atoms with Crippen LogP contribution in [0.4, 0.5) is 0 Å². The zero-order valence-electron chi connectivity index (χ0n) is 10.0. The van der Waals surface area contributed by atoms with Crippen LogP contribution in [0.15, 0.2) is 40.6 Å². The Morgan fingerprint density at radius 3 is 2.89 bits per heavy atom. The lowest BCUT2D eigenvalue weighted by Gasteiger charge is -2.14. The van der Waals surface area contributed by atoms with Crippen molar-refractivity contribution in [2.45, 2.75) is 17.9 Å². The van der Waals surface area contributed by atoms with E-state index in [-0.39, 0.29) is 6.04 Å². The molecule has 0 spiro atoms. The molecule has 0 amide bonds. The Labute approximate surface area is 121 Å². The van der Waals surface area contributed by atoms with E-state index < -0.39 is 0 Å². The van der Waals surface area contributed by atoms with Crippen LogP contribution in [0.2, 0.25) is 5.02 Å².